The van der Waals surface area contributed by atoms with Gasteiger partial charge in [0.2, 0.25) is 12.4 Å². The third-order valence-corrected chi connectivity index (χ3v) is 5.35. The van der Waals surface area contributed by atoms with E-state index >= 15 is 0 Å². The minimum atomic E-state index is -2.30. The molecule has 1 aliphatic heterocycles. The van der Waals surface area contributed by atoms with Gasteiger partial charge in [-0.25, -0.2) is 17.7 Å². The van der Waals surface area contributed by atoms with Gasteiger partial charge >= 0.3 is 0 Å². The molecule has 0 aromatic carbocycles. The third-order valence-electron chi connectivity index (χ3n) is 5.35. The molecule has 1 atom stereocenters. The number of fused-ring (bicyclic) bond motifs is 2. The number of alkyl halides is 2. The SMILES string of the molecule is CNc1nc(N)nn2cc(F)c(-c3ccc4c(n3)CC(CCCC(F)F)C(C)=N4)c12. The molecule has 0 amide bonds. The summed E-state index contributed by atoms with van der Waals surface area (Å²) in [4.78, 5) is 13.4. The van der Waals surface area contributed by atoms with E-state index in [9.17, 15) is 13.2 Å². The van der Waals surface area contributed by atoms with Gasteiger partial charge in [0.1, 0.15) is 5.52 Å². The molecule has 10 heteroatoms. The van der Waals surface area contributed by atoms with Gasteiger partial charge in [-0.15, -0.1) is 5.10 Å². The first-order valence-corrected chi connectivity index (χ1v) is 9.73. The minimum Gasteiger partial charge on any atom is -0.371 e. The summed E-state index contributed by atoms with van der Waals surface area (Å²) in [5.74, 6) is -0.0450. The molecule has 0 bridgehead atoms. The molecule has 0 aliphatic carbocycles. The van der Waals surface area contributed by atoms with Gasteiger partial charge in [0.15, 0.2) is 11.6 Å². The van der Waals surface area contributed by atoms with Crippen LogP contribution < -0.4 is 11.1 Å². The van der Waals surface area contributed by atoms with E-state index in [-0.39, 0.29) is 23.9 Å². The molecule has 0 radical (unpaired) electrons. The molecular weight excluding hydrogens is 395 g/mol. The van der Waals surface area contributed by atoms with Gasteiger partial charge in [-0.3, -0.25) is 9.98 Å². The van der Waals surface area contributed by atoms with E-state index in [0.29, 0.717) is 36.3 Å². The normalized spacial score (nSPS) is 16.1. The minimum absolute atomic E-state index is 0.0169. The molecule has 0 saturated heterocycles. The number of rotatable bonds is 6. The van der Waals surface area contributed by atoms with Crippen molar-refractivity contribution in [1.82, 2.24) is 19.6 Å². The fraction of sp³-hybridized carbons (Fsp3) is 0.400. The van der Waals surface area contributed by atoms with Crippen molar-refractivity contribution in [2.75, 3.05) is 18.1 Å². The van der Waals surface area contributed by atoms with Crippen LogP contribution in [0, 0.1) is 11.7 Å². The van der Waals surface area contributed by atoms with Crippen molar-refractivity contribution >= 4 is 28.7 Å². The topological polar surface area (TPSA) is 93.5 Å². The monoisotopic (exact) mass is 417 g/mol. The number of anilines is 2. The van der Waals surface area contributed by atoms with Crippen LogP contribution in [-0.4, -0.2) is 38.8 Å². The van der Waals surface area contributed by atoms with Gasteiger partial charge in [0.25, 0.3) is 0 Å². The zero-order valence-electron chi connectivity index (χ0n) is 16.7. The second kappa shape index (κ2) is 7.92. The van der Waals surface area contributed by atoms with Crippen molar-refractivity contribution in [3.63, 3.8) is 0 Å². The van der Waals surface area contributed by atoms with Crippen LogP contribution in [0.5, 0.6) is 0 Å². The summed E-state index contributed by atoms with van der Waals surface area (Å²) in [6.07, 6.45) is 0.435. The maximum atomic E-state index is 14.9. The van der Waals surface area contributed by atoms with Crippen molar-refractivity contribution in [2.24, 2.45) is 10.9 Å². The van der Waals surface area contributed by atoms with Gasteiger partial charge < -0.3 is 11.1 Å². The smallest absolute Gasteiger partial charge is 0.240 e. The number of aromatic nitrogens is 4. The van der Waals surface area contributed by atoms with E-state index in [0.717, 1.165) is 17.1 Å². The Morgan fingerprint density at radius 1 is 1.30 bits per heavy atom. The first-order chi connectivity index (χ1) is 14.4. The van der Waals surface area contributed by atoms with Crippen LogP contribution in [0.3, 0.4) is 0 Å². The van der Waals surface area contributed by atoms with E-state index in [1.165, 1.54) is 10.7 Å². The van der Waals surface area contributed by atoms with Crippen LogP contribution in [0.25, 0.3) is 16.8 Å². The Kier molecular flexibility index (Phi) is 5.31. The molecule has 4 rings (SSSR count). The molecule has 1 unspecified atom stereocenters. The lowest BCUT2D eigenvalue weighted by Crippen LogP contribution is -2.19. The summed E-state index contributed by atoms with van der Waals surface area (Å²) in [6.45, 7) is 1.91. The molecule has 1 aliphatic rings. The molecule has 7 nitrogen and oxygen atoms in total. The third kappa shape index (κ3) is 3.69. The predicted molar refractivity (Wildman–Crippen MR) is 110 cm³/mol. The van der Waals surface area contributed by atoms with Crippen molar-refractivity contribution in [3.8, 4) is 11.3 Å². The number of nitrogens with one attached hydrogen (secondary N) is 1. The molecule has 0 saturated carbocycles. The standard InChI is InChI=1S/C20H22F3N7/c1-10-11(4-3-5-16(22)23)8-15-13(26-10)6-7-14(27-15)17-12(21)9-30-18(17)19(25-2)28-20(24)29-30/h6-7,9,11,16H,3-5,8H2,1-2H3,(H3,24,25,28,29). The van der Waals surface area contributed by atoms with Crippen LogP contribution in [0.2, 0.25) is 0 Å². The highest BCUT2D eigenvalue weighted by molar-refractivity contribution is 5.90. The van der Waals surface area contributed by atoms with Crippen molar-refractivity contribution in [1.29, 1.82) is 0 Å². The van der Waals surface area contributed by atoms with Crippen LogP contribution in [0.1, 0.15) is 31.9 Å². The Morgan fingerprint density at radius 3 is 2.83 bits per heavy atom. The molecule has 4 heterocycles. The number of nitrogens with zero attached hydrogens (tertiary/aromatic N) is 5. The Hall–Kier alpha value is -3.17. The Morgan fingerprint density at radius 2 is 2.10 bits per heavy atom. The van der Waals surface area contributed by atoms with Crippen molar-refractivity contribution in [2.45, 2.75) is 39.0 Å². The largest absolute Gasteiger partial charge is 0.371 e. The molecule has 0 spiro atoms. The predicted octanol–water partition coefficient (Wildman–Crippen LogP) is 4.25. The molecule has 3 aromatic rings. The Labute approximate surface area is 171 Å². The zero-order chi connectivity index (χ0) is 21.4. The Balaban J connectivity index is 1.72. The number of halogens is 3. The van der Waals surface area contributed by atoms with Crippen LogP contribution in [-0.2, 0) is 6.42 Å². The van der Waals surface area contributed by atoms with Crippen LogP contribution in [0.4, 0.5) is 30.6 Å². The molecule has 158 valence electrons. The van der Waals surface area contributed by atoms with Crippen molar-refractivity contribution < 1.29 is 13.2 Å². The van der Waals surface area contributed by atoms with E-state index < -0.39 is 12.2 Å². The second-order valence-corrected chi connectivity index (χ2v) is 7.35. The number of aliphatic imine (C=N–C) groups is 1. The maximum Gasteiger partial charge on any atom is 0.240 e. The van der Waals surface area contributed by atoms with Gasteiger partial charge in [-0.2, -0.15) is 4.98 Å². The zero-order valence-corrected chi connectivity index (χ0v) is 16.7. The number of nitrogens with two attached hydrogens (primary N) is 1. The quantitative estimate of drug-likeness (QED) is 0.625. The number of nitrogen functional groups attached to an aromatic ring is 1. The highest BCUT2D eigenvalue weighted by atomic mass is 19.3. The Bertz CT molecular complexity index is 1120. The molecule has 0 fully saturated rings. The van der Waals surface area contributed by atoms with Crippen LogP contribution >= 0.6 is 0 Å². The molecule has 30 heavy (non-hydrogen) atoms. The lowest BCUT2D eigenvalue weighted by atomic mass is 9.89. The highest BCUT2D eigenvalue weighted by Gasteiger charge is 2.24. The lowest BCUT2D eigenvalue weighted by molar-refractivity contribution is 0.133. The molecular formula is C20H22F3N7. The average Bonchev–Trinajstić information content (AvgIpc) is 3.02. The fourth-order valence-electron chi connectivity index (χ4n) is 3.87. The summed E-state index contributed by atoms with van der Waals surface area (Å²) in [5, 5.41) is 6.95. The summed E-state index contributed by atoms with van der Waals surface area (Å²) in [6, 6.07) is 3.51. The van der Waals surface area contributed by atoms with Crippen LogP contribution in [0.15, 0.2) is 23.3 Å². The number of pyridine rings is 1. The van der Waals surface area contributed by atoms with Gasteiger partial charge in [0.05, 0.1) is 28.8 Å². The number of hydrogen-bond donors (Lipinski definition) is 2. The summed E-state index contributed by atoms with van der Waals surface area (Å²) in [7, 11) is 1.66. The van der Waals surface area contributed by atoms with E-state index in [1.807, 2.05) is 6.92 Å². The summed E-state index contributed by atoms with van der Waals surface area (Å²) >= 11 is 0. The molecule has 3 aromatic heterocycles. The van der Waals surface area contributed by atoms with Gasteiger partial charge in [-0.1, -0.05) is 0 Å². The maximum absolute atomic E-state index is 14.9. The fourth-order valence-corrected chi connectivity index (χ4v) is 3.87. The average molecular weight is 417 g/mol. The summed E-state index contributed by atoms with van der Waals surface area (Å²) < 4.78 is 41.2. The van der Waals surface area contributed by atoms with E-state index in [4.69, 9.17) is 5.73 Å². The second-order valence-electron chi connectivity index (χ2n) is 7.35. The lowest BCUT2D eigenvalue weighted by Gasteiger charge is -2.22. The first-order valence-electron chi connectivity index (χ1n) is 9.73. The first kappa shape index (κ1) is 20.1. The van der Waals surface area contributed by atoms with Crippen molar-refractivity contribution in [3.05, 3.63) is 29.8 Å². The number of hydrogen-bond acceptors (Lipinski definition) is 6. The van der Waals surface area contributed by atoms with Gasteiger partial charge in [0, 0.05) is 25.1 Å². The van der Waals surface area contributed by atoms with E-state index in [2.05, 4.69) is 25.4 Å². The highest BCUT2D eigenvalue weighted by Crippen LogP contribution is 2.36. The summed E-state index contributed by atoms with van der Waals surface area (Å²) in [5.41, 5.74) is 9.18. The van der Waals surface area contributed by atoms with E-state index in [1.54, 1.807) is 19.2 Å². The van der Waals surface area contributed by atoms with Gasteiger partial charge in [-0.05, 0) is 38.3 Å². The molecule has 3 N–H and O–H groups in total.